The molecule has 4 nitrogen and oxygen atoms in total. The Balaban J connectivity index is 1.95. The van der Waals surface area contributed by atoms with Gasteiger partial charge in [-0.3, -0.25) is 9.88 Å². The van der Waals surface area contributed by atoms with E-state index in [4.69, 9.17) is 0 Å². The van der Waals surface area contributed by atoms with E-state index >= 15 is 0 Å². The van der Waals surface area contributed by atoms with Crippen LogP contribution in [0.5, 0.6) is 5.75 Å². The average Bonchev–Trinajstić information content (AvgIpc) is 2.52. The van der Waals surface area contributed by atoms with Crippen molar-refractivity contribution in [1.29, 1.82) is 0 Å². The van der Waals surface area contributed by atoms with E-state index in [-0.39, 0.29) is 5.75 Å². The van der Waals surface area contributed by atoms with E-state index in [1.165, 1.54) is 11.8 Å². The van der Waals surface area contributed by atoms with Gasteiger partial charge in [-0.05, 0) is 42.9 Å². The first-order valence-electron chi connectivity index (χ1n) is 7.40. The fraction of sp³-hybridized carbons (Fsp3) is 0.353. The average molecular weight is 285 g/mol. The predicted molar refractivity (Wildman–Crippen MR) is 86.3 cm³/mol. The van der Waals surface area contributed by atoms with Gasteiger partial charge in [0.25, 0.3) is 0 Å². The van der Waals surface area contributed by atoms with Crippen LogP contribution in [0.2, 0.25) is 0 Å². The normalized spacial score (nSPS) is 10.8. The number of benzene rings is 1. The third-order valence-corrected chi connectivity index (χ3v) is 3.51. The monoisotopic (exact) mass is 285 g/mol. The number of hydrogen-bond donors (Lipinski definition) is 2. The molecule has 0 bridgehead atoms. The minimum absolute atomic E-state index is 0.194. The number of hydrogen-bond acceptors (Lipinski definition) is 4. The SMILES string of the molecule is CCN(CC)Cc1cccc(NCc2ccc(O)cn2)c1. The van der Waals surface area contributed by atoms with E-state index in [0.717, 1.165) is 31.0 Å². The lowest BCUT2D eigenvalue weighted by Crippen LogP contribution is -2.22. The Morgan fingerprint density at radius 1 is 1.14 bits per heavy atom. The largest absolute Gasteiger partial charge is 0.506 e. The van der Waals surface area contributed by atoms with Crippen molar-refractivity contribution < 1.29 is 5.11 Å². The van der Waals surface area contributed by atoms with Gasteiger partial charge in [-0.2, -0.15) is 0 Å². The third-order valence-electron chi connectivity index (χ3n) is 3.51. The predicted octanol–water partition coefficient (Wildman–Crippen LogP) is 3.24. The van der Waals surface area contributed by atoms with Crippen molar-refractivity contribution in [3.8, 4) is 5.75 Å². The molecule has 0 amide bonds. The highest BCUT2D eigenvalue weighted by Gasteiger charge is 2.02. The minimum Gasteiger partial charge on any atom is -0.506 e. The van der Waals surface area contributed by atoms with Gasteiger partial charge in [0.15, 0.2) is 0 Å². The molecule has 112 valence electrons. The number of aromatic hydroxyl groups is 1. The number of nitrogens with one attached hydrogen (secondary N) is 1. The Kier molecular flexibility index (Phi) is 5.58. The highest BCUT2D eigenvalue weighted by atomic mass is 16.3. The van der Waals surface area contributed by atoms with E-state index in [1.54, 1.807) is 6.07 Å². The molecule has 4 heteroatoms. The highest BCUT2D eigenvalue weighted by Crippen LogP contribution is 2.14. The topological polar surface area (TPSA) is 48.4 Å². The molecule has 21 heavy (non-hydrogen) atoms. The molecular formula is C17H23N3O. The molecule has 1 aromatic heterocycles. The summed E-state index contributed by atoms with van der Waals surface area (Å²) in [5.74, 6) is 0.194. The summed E-state index contributed by atoms with van der Waals surface area (Å²) in [7, 11) is 0. The molecule has 2 aromatic rings. The van der Waals surface area contributed by atoms with Crippen LogP contribution in [-0.4, -0.2) is 28.1 Å². The van der Waals surface area contributed by atoms with Gasteiger partial charge in [0.05, 0.1) is 18.4 Å². The lowest BCUT2D eigenvalue weighted by molar-refractivity contribution is 0.296. The van der Waals surface area contributed by atoms with E-state index in [0.29, 0.717) is 6.54 Å². The van der Waals surface area contributed by atoms with Crippen molar-refractivity contribution in [2.24, 2.45) is 0 Å². The molecule has 0 aliphatic carbocycles. The molecule has 2 N–H and O–H groups in total. The Morgan fingerprint density at radius 3 is 2.62 bits per heavy atom. The fourth-order valence-corrected chi connectivity index (χ4v) is 2.20. The maximum Gasteiger partial charge on any atom is 0.133 e. The second-order valence-corrected chi connectivity index (χ2v) is 5.02. The first-order valence-corrected chi connectivity index (χ1v) is 7.40. The van der Waals surface area contributed by atoms with E-state index < -0.39 is 0 Å². The first-order chi connectivity index (χ1) is 10.2. The number of aromatic nitrogens is 1. The first kappa shape index (κ1) is 15.3. The van der Waals surface area contributed by atoms with Crippen LogP contribution in [0.1, 0.15) is 25.1 Å². The zero-order valence-corrected chi connectivity index (χ0v) is 12.7. The Morgan fingerprint density at radius 2 is 1.95 bits per heavy atom. The van der Waals surface area contributed by atoms with Crippen LogP contribution >= 0.6 is 0 Å². The van der Waals surface area contributed by atoms with Crippen LogP contribution in [0.3, 0.4) is 0 Å². The molecule has 0 spiro atoms. The Bertz CT molecular complexity index is 550. The maximum atomic E-state index is 9.22. The number of anilines is 1. The standard InChI is InChI=1S/C17H23N3O/c1-3-20(4-2)13-14-6-5-7-15(10-14)18-11-16-8-9-17(21)12-19-16/h5-10,12,18,21H,3-4,11,13H2,1-2H3. The zero-order valence-electron chi connectivity index (χ0n) is 12.7. The molecular weight excluding hydrogens is 262 g/mol. The van der Waals surface area contributed by atoms with Gasteiger partial charge in [-0.1, -0.05) is 26.0 Å². The molecule has 0 saturated carbocycles. The van der Waals surface area contributed by atoms with Crippen LogP contribution in [-0.2, 0) is 13.1 Å². The molecule has 0 aliphatic rings. The summed E-state index contributed by atoms with van der Waals surface area (Å²) in [6.07, 6.45) is 1.47. The van der Waals surface area contributed by atoms with E-state index in [1.807, 2.05) is 6.07 Å². The van der Waals surface area contributed by atoms with Gasteiger partial charge in [-0.15, -0.1) is 0 Å². The molecule has 2 rings (SSSR count). The fourth-order valence-electron chi connectivity index (χ4n) is 2.20. The van der Waals surface area contributed by atoms with E-state index in [9.17, 15) is 5.11 Å². The van der Waals surface area contributed by atoms with Crippen molar-refractivity contribution in [3.05, 3.63) is 53.9 Å². The van der Waals surface area contributed by atoms with Crippen LogP contribution in [0.4, 0.5) is 5.69 Å². The molecule has 0 unspecified atom stereocenters. The number of rotatable bonds is 7. The lowest BCUT2D eigenvalue weighted by atomic mass is 10.2. The number of pyridine rings is 1. The van der Waals surface area contributed by atoms with Crippen LogP contribution in [0.25, 0.3) is 0 Å². The Labute approximate surface area is 126 Å². The van der Waals surface area contributed by atoms with E-state index in [2.05, 4.69) is 53.3 Å². The summed E-state index contributed by atoms with van der Waals surface area (Å²) in [6, 6.07) is 11.9. The van der Waals surface area contributed by atoms with Crippen molar-refractivity contribution in [2.75, 3.05) is 18.4 Å². The molecule has 1 heterocycles. The molecule has 0 aliphatic heterocycles. The van der Waals surface area contributed by atoms with Crippen LogP contribution < -0.4 is 5.32 Å². The third kappa shape index (κ3) is 4.76. The van der Waals surface area contributed by atoms with Gasteiger partial charge in [0.1, 0.15) is 5.75 Å². The number of nitrogens with zero attached hydrogens (tertiary/aromatic N) is 2. The van der Waals surface area contributed by atoms with Gasteiger partial charge in [-0.25, -0.2) is 0 Å². The smallest absolute Gasteiger partial charge is 0.133 e. The van der Waals surface area contributed by atoms with Crippen LogP contribution in [0, 0.1) is 0 Å². The van der Waals surface area contributed by atoms with Crippen molar-refractivity contribution in [2.45, 2.75) is 26.9 Å². The van der Waals surface area contributed by atoms with Crippen molar-refractivity contribution in [3.63, 3.8) is 0 Å². The Hall–Kier alpha value is -2.07. The quantitative estimate of drug-likeness (QED) is 0.820. The van der Waals surface area contributed by atoms with Crippen molar-refractivity contribution >= 4 is 5.69 Å². The molecule has 1 aromatic carbocycles. The minimum atomic E-state index is 0.194. The summed E-state index contributed by atoms with van der Waals surface area (Å²) in [6.45, 7) is 8.11. The molecule has 0 radical (unpaired) electrons. The lowest BCUT2D eigenvalue weighted by Gasteiger charge is -2.18. The molecule has 0 saturated heterocycles. The zero-order chi connectivity index (χ0) is 15.1. The second kappa shape index (κ2) is 7.64. The van der Waals surface area contributed by atoms with Crippen molar-refractivity contribution in [1.82, 2.24) is 9.88 Å². The second-order valence-electron chi connectivity index (χ2n) is 5.02. The highest BCUT2D eigenvalue weighted by molar-refractivity contribution is 5.46. The maximum absolute atomic E-state index is 9.22. The summed E-state index contributed by atoms with van der Waals surface area (Å²) in [5, 5.41) is 12.6. The van der Waals surface area contributed by atoms with Gasteiger partial charge < -0.3 is 10.4 Å². The summed E-state index contributed by atoms with van der Waals surface area (Å²) < 4.78 is 0. The molecule has 0 fully saturated rings. The van der Waals surface area contributed by atoms with Gasteiger partial charge in [0, 0.05) is 12.2 Å². The van der Waals surface area contributed by atoms with Gasteiger partial charge in [0.2, 0.25) is 0 Å². The summed E-state index contributed by atoms with van der Waals surface area (Å²) >= 11 is 0. The summed E-state index contributed by atoms with van der Waals surface area (Å²) in [4.78, 5) is 6.56. The van der Waals surface area contributed by atoms with Crippen LogP contribution in [0.15, 0.2) is 42.6 Å². The van der Waals surface area contributed by atoms with Gasteiger partial charge >= 0.3 is 0 Å². The summed E-state index contributed by atoms with van der Waals surface area (Å²) in [5.41, 5.74) is 3.30. The molecule has 0 atom stereocenters.